The second kappa shape index (κ2) is 10.2. The van der Waals surface area contributed by atoms with E-state index in [1.54, 1.807) is 13.8 Å². The fourth-order valence-corrected chi connectivity index (χ4v) is 5.05. The zero-order valence-electron chi connectivity index (χ0n) is 16.3. The summed E-state index contributed by atoms with van der Waals surface area (Å²) in [6.45, 7) is 5.36. The lowest BCUT2D eigenvalue weighted by atomic mass is 10.2. The molecular formula is C19H23ClN2O5S2. The number of nitrogens with one attached hydrogen (secondary N) is 1. The molecule has 158 valence electrons. The van der Waals surface area contributed by atoms with Crippen molar-refractivity contribution >= 4 is 44.8 Å². The smallest absolute Gasteiger partial charge is 0.340 e. The minimum atomic E-state index is -3.76. The van der Waals surface area contributed by atoms with E-state index in [0.29, 0.717) is 13.1 Å². The van der Waals surface area contributed by atoms with E-state index in [-0.39, 0.29) is 21.5 Å². The zero-order valence-corrected chi connectivity index (χ0v) is 18.7. The van der Waals surface area contributed by atoms with Crippen LogP contribution >= 0.6 is 22.9 Å². The lowest BCUT2D eigenvalue weighted by molar-refractivity contribution is -0.124. The number of nitrogens with zero attached hydrogens (tertiary/aromatic N) is 1. The van der Waals surface area contributed by atoms with Gasteiger partial charge in [-0.15, -0.1) is 11.3 Å². The van der Waals surface area contributed by atoms with E-state index < -0.39 is 28.5 Å². The average molecular weight is 459 g/mol. The molecule has 0 aliphatic carbocycles. The molecule has 1 heterocycles. The summed E-state index contributed by atoms with van der Waals surface area (Å²) in [5.41, 5.74) is -0.112. The van der Waals surface area contributed by atoms with Crippen molar-refractivity contribution in [3.8, 4) is 0 Å². The maximum absolute atomic E-state index is 12.6. The molecule has 1 atom stereocenters. The van der Waals surface area contributed by atoms with Crippen molar-refractivity contribution in [3.05, 3.63) is 51.2 Å². The molecule has 0 aliphatic heterocycles. The standard InChI is InChI=1S/C19H23ClN2O5S2/c1-4-22(5-2)29(25,26)14-8-9-16(20)15(11-14)19(24)27-12-18(23)21-13(3)17-7-6-10-28-17/h6-11,13H,4-5,12H2,1-3H3,(H,21,23). The highest BCUT2D eigenvalue weighted by Crippen LogP contribution is 2.24. The van der Waals surface area contributed by atoms with Gasteiger partial charge >= 0.3 is 5.97 Å². The molecular weight excluding hydrogens is 436 g/mol. The van der Waals surface area contributed by atoms with Gasteiger partial charge in [-0.2, -0.15) is 4.31 Å². The summed E-state index contributed by atoms with van der Waals surface area (Å²) in [4.78, 5) is 25.3. The second-order valence-electron chi connectivity index (χ2n) is 6.11. The first-order valence-corrected chi connectivity index (χ1v) is 11.7. The van der Waals surface area contributed by atoms with Gasteiger partial charge in [0.25, 0.3) is 5.91 Å². The third-order valence-electron chi connectivity index (χ3n) is 4.18. The molecule has 0 fully saturated rings. The molecule has 0 saturated heterocycles. The Hall–Kier alpha value is -1.94. The van der Waals surface area contributed by atoms with E-state index in [1.807, 2.05) is 24.4 Å². The van der Waals surface area contributed by atoms with E-state index in [0.717, 1.165) is 4.88 Å². The van der Waals surface area contributed by atoms with Crippen LogP contribution in [0, 0.1) is 0 Å². The fraction of sp³-hybridized carbons (Fsp3) is 0.368. The lowest BCUT2D eigenvalue weighted by Gasteiger charge is -2.19. The first-order chi connectivity index (χ1) is 13.7. The van der Waals surface area contributed by atoms with Gasteiger partial charge in [0, 0.05) is 18.0 Å². The minimum absolute atomic E-state index is 0.0425. The Balaban J connectivity index is 2.08. The van der Waals surface area contributed by atoms with Gasteiger partial charge in [-0.3, -0.25) is 4.79 Å². The molecule has 2 aromatic rings. The van der Waals surface area contributed by atoms with Gasteiger partial charge in [-0.25, -0.2) is 13.2 Å². The molecule has 7 nitrogen and oxygen atoms in total. The number of hydrogen-bond donors (Lipinski definition) is 1. The number of ether oxygens (including phenoxy) is 1. The quantitative estimate of drug-likeness (QED) is 0.581. The fourth-order valence-electron chi connectivity index (χ4n) is 2.63. The number of benzene rings is 1. The van der Waals surface area contributed by atoms with Gasteiger partial charge in [-0.05, 0) is 36.6 Å². The van der Waals surface area contributed by atoms with Crippen LogP contribution in [0.15, 0.2) is 40.6 Å². The van der Waals surface area contributed by atoms with Crippen molar-refractivity contribution in [2.24, 2.45) is 0 Å². The molecule has 0 bridgehead atoms. The zero-order chi connectivity index (χ0) is 21.6. The largest absolute Gasteiger partial charge is 0.452 e. The summed E-state index contributed by atoms with van der Waals surface area (Å²) in [7, 11) is -3.76. The van der Waals surface area contributed by atoms with Crippen molar-refractivity contribution in [2.45, 2.75) is 31.7 Å². The minimum Gasteiger partial charge on any atom is -0.452 e. The van der Waals surface area contributed by atoms with E-state index in [9.17, 15) is 18.0 Å². The highest BCUT2D eigenvalue weighted by molar-refractivity contribution is 7.89. The number of hydrogen-bond acceptors (Lipinski definition) is 6. The topological polar surface area (TPSA) is 92.8 Å². The highest BCUT2D eigenvalue weighted by Gasteiger charge is 2.24. The Morgan fingerprint density at radius 3 is 2.52 bits per heavy atom. The van der Waals surface area contributed by atoms with Crippen LogP contribution in [-0.4, -0.2) is 44.3 Å². The van der Waals surface area contributed by atoms with Crippen LogP contribution in [0.3, 0.4) is 0 Å². The van der Waals surface area contributed by atoms with Crippen LogP contribution in [0.25, 0.3) is 0 Å². The number of esters is 1. The third kappa shape index (κ3) is 5.79. The molecule has 1 unspecified atom stereocenters. The Bertz CT molecular complexity index is 957. The summed E-state index contributed by atoms with van der Waals surface area (Å²) in [6.07, 6.45) is 0. The summed E-state index contributed by atoms with van der Waals surface area (Å²) in [5, 5.41) is 4.67. The summed E-state index contributed by atoms with van der Waals surface area (Å²) < 4.78 is 31.6. The third-order valence-corrected chi connectivity index (χ3v) is 7.61. The van der Waals surface area contributed by atoms with E-state index in [2.05, 4.69) is 5.32 Å². The molecule has 1 N–H and O–H groups in total. The Kier molecular flexibility index (Phi) is 8.21. The van der Waals surface area contributed by atoms with E-state index in [1.165, 1.54) is 33.8 Å². The van der Waals surface area contributed by atoms with Gasteiger partial charge < -0.3 is 10.1 Å². The van der Waals surface area contributed by atoms with Crippen molar-refractivity contribution in [3.63, 3.8) is 0 Å². The van der Waals surface area contributed by atoms with Crippen LogP contribution in [0.1, 0.15) is 42.0 Å². The number of sulfonamides is 1. The van der Waals surface area contributed by atoms with Crippen molar-refractivity contribution in [1.82, 2.24) is 9.62 Å². The number of amides is 1. The number of carbonyl (C=O) groups is 2. The first-order valence-electron chi connectivity index (χ1n) is 9.00. The van der Waals surface area contributed by atoms with Crippen molar-refractivity contribution < 1.29 is 22.7 Å². The predicted octanol–water partition coefficient (Wildman–Crippen LogP) is 3.47. The SMILES string of the molecule is CCN(CC)S(=O)(=O)c1ccc(Cl)c(C(=O)OCC(=O)NC(C)c2cccs2)c1. The first kappa shape index (κ1) is 23.3. The van der Waals surface area contributed by atoms with Crippen LogP contribution in [0.2, 0.25) is 5.02 Å². The molecule has 2 rings (SSSR count). The second-order valence-corrected chi connectivity index (χ2v) is 9.44. The maximum atomic E-state index is 12.6. The van der Waals surface area contributed by atoms with Gasteiger partial charge in [0.05, 0.1) is 21.5 Å². The molecule has 10 heteroatoms. The summed E-state index contributed by atoms with van der Waals surface area (Å²) in [5.74, 6) is -1.34. The number of rotatable bonds is 9. The number of halogens is 1. The van der Waals surface area contributed by atoms with E-state index >= 15 is 0 Å². The Morgan fingerprint density at radius 1 is 1.24 bits per heavy atom. The van der Waals surface area contributed by atoms with Gasteiger partial charge in [0.2, 0.25) is 10.0 Å². The van der Waals surface area contributed by atoms with Crippen LogP contribution in [-0.2, 0) is 19.6 Å². The van der Waals surface area contributed by atoms with Crippen LogP contribution in [0.5, 0.6) is 0 Å². The molecule has 1 aromatic heterocycles. The average Bonchev–Trinajstić information content (AvgIpc) is 3.22. The van der Waals surface area contributed by atoms with E-state index in [4.69, 9.17) is 16.3 Å². The molecule has 1 amide bonds. The van der Waals surface area contributed by atoms with Gasteiger partial charge in [0.1, 0.15) is 0 Å². The lowest BCUT2D eigenvalue weighted by Crippen LogP contribution is -2.31. The Labute approximate surface area is 179 Å². The van der Waals surface area contributed by atoms with Crippen molar-refractivity contribution in [2.75, 3.05) is 19.7 Å². The Morgan fingerprint density at radius 2 is 1.93 bits per heavy atom. The molecule has 0 aliphatic rings. The molecule has 0 spiro atoms. The van der Waals surface area contributed by atoms with Crippen LogP contribution < -0.4 is 5.32 Å². The number of thiophene rings is 1. The maximum Gasteiger partial charge on any atom is 0.340 e. The van der Waals surface area contributed by atoms with Gasteiger partial charge in [-0.1, -0.05) is 31.5 Å². The summed E-state index contributed by atoms with van der Waals surface area (Å²) in [6, 6.07) is 7.39. The van der Waals surface area contributed by atoms with Gasteiger partial charge in [0.15, 0.2) is 6.61 Å². The molecule has 29 heavy (non-hydrogen) atoms. The van der Waals surface area contributed by atoms with Crippen LogP contribution in [0.4, 0.5) is 0 Å². The summed E-state index contributed by atoms with van der Waals surface area (Å²) >= 11 is 7.55. The normalized spacial score (nSPS) is 12.6. The van der Waals surface area contributed by atoms with Crippen molar-refractivity contribution in [1.29, 1.82) is 0 Å². The predicted molar refractivity (Wildman–Crippen MR) is 113 cm³/mol. The molecule has 1 aromatic carbocycles. The molecule has 0 radical (unpaired) electrons. The number of carbonyl (C=O) groups excluding carboxylic acids is 2. The molecule has 0 saturated carbocycles. The monoisotopic (exact) mass is 458 g/mol. The highest BCUT2D eigenvalue weighted by atomic mass is 35.5.